The molecule has 2 rings (SSSR count). The number of β-amino-alcohol motifs (C(OH)–C–C–N with tert-alkyl or cyclic N) is 1. The van der Waals surface area contributed by atoms with Gasteiger partial charge in [-0.15, -0.1) is 0 Å². The predicted octanol–water partition coefficient (Wildman–Crippen LogP) is 0.238. The molecular formula is C35H68BrN7O10. The third-order valence-electron chi connectivity index (χ3n) is 7.11. The Labute approximate surface area is 325 Å². The van der Waals surface area contributed by atoms with Gasteiger partial charge in [0, 0.05) is 104 Å². The molecule has 17 nitrogen and oxygen atoms in total. The molecule has 0 unspecified atom stereocenters. The van der Waals surface area contributed by atoms with Gasteiger partial charge in [-0.05, 0) is 48.0 Å². The Balaban J connectivity index is 0. The first-order chi connectivity index (χ1) is 24.8. The summed E-state index contributed by atoms with van der Waals surface area (Å²) >= 11 is 3.15. The van der Waals surface area contributed by atoms with E-state index in [9.17, 15) is 19.2 Å². The summed E-state index contributed by atoms with van der Waals surface area (Å²) in [6.45, 7) is 22.1. The van der Waals surface area contributed by atoms with E-state index in [0.717, 1.165) is 37.9 Å². The second-order valence-electron chi connectivity index (χ2n) is 14.4. The molecule has 0 atom stereocenters. The van der Waals surface area contributed by atoms with Gasteiger partial charge in [0.2, 0.25) is 0 Å². The van der Waals surface area contributed by atoms with Gasteiger partial charge >= 0.3 is 23.9 Å². The number of hydrogen-bond acceptors (Lipinski definition) is 15. The largest absolute Gasteiger partial charge is 0.480 e. The highest BCUT2D eigenvalue weighted by molar-refractivity contribution is 9.09. The fourth-order valence-corrected chi connectivity index (χ4v) is 5.09. The number of nitriles is 1. The number of rotatable bonds is 12. The summed E-state index contributed by atoms with van der Waals surface area (Å²) < 4.78 is 10.8. The number of carboxylic acids is 2. The van der Waals surface area contributed by atoms with E-state index in [1.165, 1.54) is 6.92 Å². The summed E-state index contributed by atoms with van der Waals surface area (Å²) in [6, 6.07) is 1.75. The Bertz CT molecular complexity index is 984. The lowest BCUT2D eigenvalue weighted by molar-refractivity contribution is -0.158. The zero-order valence-electron chi connectivity index (χ0n) is 33.1. The van der Waals surface area contributed by atoms with Crippen LogP contribution in [0.25, 0.3) is 0 Å². The zero-order chi connectivity index (χ0) is 40.9. The fourth-order valence-electron chi connectivity index (χ4n) is 4.84. The van der Waals surface area contributed by atoms with Crippen LogP contribution in [0.2, 0.25) is 0 Å². The maximum Gasteiger partial charge on any atom is 0.320 e. The van der Waals surface area contributed by atoms with E-state index in [1.54, 1.807) is 15.9 Å². The Hall–Kier alpha value is -2.47. The van der Waals surface area contributed by atoms with E-state index < -0.39 is 23.1 Å². The van der Waals surface area contributed by atoms with Crippen LogP contribution in [-0.4, -0.2) is 210 Å². The molecule has 2 heterocycles. The smallest absolute Gasteiger partial charge is 0.320 e. The molecule has 0 aromatic heterocycles. The van der Waals surface area contributed by atoms with Gasteiger partial charge in [-0.25, -0.2) is 0 Å². The number of carboxylic acid groups (broad SMARTS) is 2. The Morgan fingerprint density at radius 1 is 0.642 bits per heavy atom. The maximum atomic E-state index is 12.1. The van der Waals surface area contributed by atoms with Gasteiger partial charge in [0.1, 0.15) is 11.2 Å². The van der Waals surface area contributed by atoms with Gasteiger partial charge in [-0.2, -0.15) is 5.26 Å². The van der Waals surface area contributed by atoms with Gasteiger partial charge in [-0.1, -0.05) is 15.9 Å². The zero-order valence-corrected chi connectivity index (χ0v) is 34.7. The number of aliphatic hydroxyl groups excluding tert-OH is 2. The molecule has 0 aromatic rings. The molecule has 2 aliphatic rings. The van der Waals surface area contributed by atoms with Gasteiger partial charge < -0.3 is 35.2 Å². The van der Waals surface area contributed by atoms with Crippen LogP contribution in [0.3, 0.4) is 0 Å². The number of aliphatic hydroxyl groups is 2. The minimum atomic E-state index is -0.886. The minimum absolute atomic E-state index is 0.0395. The highest BCUT2D eigenvalue weighted by Gasteiger charge is 2.23. The van der Waals surface area contributed by atoms with E-state index in [0.29, 0.717) is 65.5 Å². The molecule has 0 bridgehead atoms. The quantitative estimate of drug-likeness (QED) is 0.131. The number of hydrogen-bond donors (Lipinski definition) is 5. The van der Waals surface area contributed by atoms with Crippen LogP contribution in [0.1, 0.15) is 54.9 Å². The third-order valence-corrected chi connectivity index (χ3v) is 7.67. The van der Waals surface area contributed by atoms with Crippen molar-refractivity contribution in [2.45, 2.75) is 66.1 Å². The molecule has 0 aliphatic carbocycles. The molecule has 0 aromatic carbocycles. The van der Waals surface area contributed by atoms with Crippen LogP contribution in [-0.2, 0) is 28.7 Å². The van der Waals surface area contributed by atoms with Gasteiger partial charge in [0.15, 0.2) is 0 Å². The lowest BCUT2D eigenvalue weighted by atomic mass is 10.2. The monoisotopic (exact) mass is 825 g/mol. The number of nitrogens with zero attached hydrogens (tertiary/aromatic N) is 6. The number of aliphatic carboxylic acids is 2. The van der Waals surface area contributed by atoms with E-state index in [4.69, 9.17) is 35.2 Å². The second-order valence-corrected chi connectivity index (χ2v) is 15.2. The second kappa shape index (κ2) is 30.8. The van der Waals surface area contributed by atoms with Gasteiger partial charge in [0.05, 0.1) is 38.9 Å². The summed E-state index contributed by atoms with van der Waals surface area (Å²) in [7, 11) is 0. The third kappa shape index (κ3) is 35.0. The SMILES string of the molecule is CC#N.CC(C)(C)OC(=O)CN1CCNCCN(CC(=O)OC(C)(C)C)CC1.O=C(O)CN1CCN(CCO)CCN(CC(=O)O)CC1.OCCCBr. The number of ether oxygens (including phenoxy) is 2. The summed E-state index contributed by atoms with van der Waals surface area (Å²) in [5, 5.41) is 46.4. The van der Waals surface area contributed by atoms with Crippen molar-refractivity contribution >= 4 is 39.8 Å². The highest BCUT2D eigenvalue weighted by Crippen LogP contribution is 2.09. The minimum Gasteiger partial charge on any atom is -0.480 e. The van der Waals surface area contributed by atoms with Crippen molar-refractivity contribution in [3.63, 3.8) is 0 Å². The number of carbonyl (C=O) groups is 4. The van der Waals surface area contributed by atoms with Crippen molar-refractivity contribution in [3.8, 4) is 6.07 Å². The average molecular weight is 827 g/mol. The lowest BCUT2D eigenvalue weighted by Gasteiger charge is -2.27. The molecular weight excluding hydrogens is 758 g/mol. The van der Waals surface area contributed by atoms with Crippen LogP contribution in [0.4, 0.5) is 0 Å². The molecule has 0 spiro atoms. The summed E-state index contributed by atoms with van der Waals surface area (Å²) in [4.78, 5) is 55.5. The van der Waals surface area contributed by atoms with Crippen molar-refractivity contribution < 1.29 is 49.1 Å². The number of nitrogens with one attached hydrogen (secondary N) is 1. The molecule has 2 aliphatic heterocycles. The molecule has 18 heteroatoms. The first kappa shape index (κ1) is 52.6. The molecule has 0 radical (unpaired) electrons. The molecule has 53 heavy (non-hydrogen) atoms. The maximum absolute atomic E-state index is 12.1. The van der Waals surface area contributed by atoms with Crippen molar-refractivity contribution in [1.82, 2.24) is 29.8 Å². The topological polar surface area (TPSA) is 220 Å². The van der Waals surface area contributed by atoms with E-state index >= 15 is 0 Å². The standard InChI is InChI=1S/C18H35N3O4.C12H23N3O5.C3H7BrO.C2H3N/c1-17(2,3)24-15(22)13-20-9-7-19-8-10-21(12-11-20)14-16(23)25-18(4,5)6;16-8-7-13-1-3-14(9-11(17)18)5-6-15(4-2-13)10-12(19)20;4-2-1-3-5;1-2-3/h19H,7-14H2,1-6H3;16H,1-10H2,(H,17,18)(H,19,20);5H,1-3H2;1H3. The Kier molecular flexibility index (Phi) is 30.6. The van der Waals surface area contributed by atoms with Gasteiger partial charge in [0.25, 0.3) is 0 Å². The Morgan fingerprint density at radius 3 is 1.21 bits per heavy atom. The van der Waals surface area contributed by atoms with E-state index in [1.807, 2.05) is 46.4 Å². The number of carbonyl (C=O) groups excluding carboxylic acids is 2. The van der Waals surface area contributed by atoms with Crippen molar-refractivity contribution in [3.05, 3.63) is 0 Å². The molecule has 0 saturated carbocycles. The van der Waals surface area contributed by atoms with Crippen LogP contribution >= 0.6 is 15.9 Å². The number of esters is 2. The average Bonchev–Trinajstić information content (AvgIpc) is 3.17. The summed E-state index contributed by atoms with van der Waals surface area (Å²) in [5.41, 5.74) is -0.949. The van der Waals surface area contributed by atoms with Crippen molar-refractivity contribution in [2.24, 2.45) is 0 Å². The van der Waals surface area contributed by atoms with E-state index in [-0.39, 0.29) is 44.7 Å². The lowest BCUT2D eigenvalue weighted by Crippen LogP contribution is -2.42. The number of alkyl halides is 1. The van der Waals surface area contributed by atoms with Gasteiger partial charge in [-0.3, -0.25) is 43.7 Å². The normalized spacial score (nSPS) is 17.4. The summed E-state index contributed by atoms with van der Waals surface area (Å²) in [5.74, 6) is -2.21. The first-order valence-corrected chi connectivity index (χ1v) is 19.2. The predicted molar refractivity (Wildman–Crippen MR) is 206 cm³/mol. The first-order valence-electron chi connectivity index (χ1n) is 18.1. The van der Waals surface area contributed by atoms with Crippen molar-refractivity contribution in [1.29, 1.82) is 5.26 Å². The fraction of sp³-hybridized carbons (Fsp3) is 0.857. The molecule has 0 amide bonds. The number of halogens is 1. The highest BCUT2D eigenvalue weighted by atomic mass is 79.9. The Morgan fingerprint density at radius 2 is 0.962 bits per heavy atom. The summed E-state index contributed by atoms with van der Waals surface area (Å²) in [6.07, 6.45) is 0.861. The molecule has 310 valence electrons. The van der Waals surface area contributed by atoms with Crippen LogP contribution in [0.15, 0.2) is 0 Å². The van der Waals surface area contributed by atoms with Crippen LogP contribution in [0.5, 0.6) is 0 Å². The molecule has 5 N–H and O–H groups in total. The van der Waals surface area contributed by atoms with Crippen molar-refractivity contribution in [2.75, 3.05) is 130 Å². The molecule has 2 saturated heterocycles. The van der Waals surface area contributed by atoms with E-state index in [2.05, 4.69) is 31.0 Å². The molecule has 2 fully saturated rings. The van der Waals surface area contributed by atoms with Crippen LogP contribution < -0.4 is 5.32 Å². The van der Waals surface area contributed by atoms with Crippen LogP contribution in [0, 0.1) is 11.3 Å².